The second kappa shape index (κ2) is 6.80. The van der Waals surface area contributed by atoms with Crippen molar-refractivity contribution in [1.82, 2.24) is 4.98 Å². The predicted octanol–water partition coefficient (Wildman–Crippen LogP) is 1.59. The third-order valence-corrected chi connectivity index (χ3v) is 2.41. The summed E-state index contributed by atoms with van der Waals surface area (Å²) in [6.45, 7) is 3.02. The van der Waals surface area contributed by atoms with Gasteiger partial charge in [-0.3, -0.25) is 10.1 Å². The van der Waals surface area contributed by atoms with Gasteiger partial charge in [-0.2, -0.15) is 0 Å². The molecule has 0 aliphatic heterocycles. The number of unbranched alkanes of at least 4 members (excludes halogenated alkanes) is 1. The minimum Gasteiger partial charge on any atom is -0.395 e. The van der Waals surface area contributed by atoms with Crippen LogP contribution < -0.4 is 4.90 Å². The van der Waals surface area contributed by atoms with E-state index in [0.29, 0.717) is 18.9 Å². The van der Waals surface area contributed by atoms with Gasteiger partial charge >= 0.3 is 5.69 Å². The lowest BCUT2D eigenvalue weighted by molar-refractivity contribution is -0.384. The van der Waals surface area contributed by atoms with Crippen LogP contribution in [0.5, 0.6) is 0 Å². The molecule has 0 saturated heterocycles. The zero-order chi connectivity index (χ0) is 12.7. The van der Waals surface area contributed by atoms with Gasteiger partial charge in [0.1, 0.15) is 0 Å². The van der Waals surface area contributed by atoms with Gasteiger partial charge in [-0.25, -0.2) is 4.98 Å². The summed E-state index contributed by atoms with van der Waals surface area (Å²) in [4.78, 5) is 16.2. The molecule has 0 amide bonds. The van der Waals surface area contributed by atoms with E-state index in [-0.39, 0.29) is 12.3 Å². The van der Waals surface area contributed by atoms with Crippen molar-refractivity contribution in [2.75, 3.05) is 24.6 Å². The molecule has 6 heteroatoms. The first-order chi connectivity index (χ1) is 8.20. The van der Waals surface area contributed by atoms with Gasteiger partial charge in [0, 0.05) is 25.4 Å². The van der Waals surface area contributed by atoms with Crippen LogP contribution >= 0.6 is 0 Å². The van der Waals surface area contributed by atoms with Gasteiger partial charge in [0.25, 0.3) is 0 Å². The van der Waals surface area contributed by atoms with Crippen molar-refractivity contribution >= 4 is 11.5 Å². The van der Waals surface area contributed by atoms with E-state index in [0.717, 1.165) is 12.8 Å². The first kappa shape index (κ1) is 13.4. The number of aliphatic hydroxyl groups excluding tert-OH is 1. The van der Waals surface area contributed by atoms with Crippen LogP contribution in [0.1, 0.15) is 19.8 Å². The number of aromatic nitrogens is 1. The Balaban J connectivity index is 2.95. The molecule has 0 aliphatic carbocycles. The molecule has 0 atom stereocenters. The molecule has 1 rings (SSSR count). The number of aliphatic hydroxyl groups is 1. The van der Waals surface area contributed by atoms with Gasteiger partial charge in [0.05, 0.1) is 11.5 Å². The maximum Gasteiger partial charge on any atom is 0.311 e. The lowest BCUT2D eigenvalue weighted by Gasteiger charge is -2.21. The fraction of sp³-hybridized carbons (Fsp3) is 0.545. The highest BCUT2D eigenvalue weighted by Crippen LogP contribution is 2.24. The van der Waals surface area contributed by atoms with Crippen LogP contribution in [0.4, 0.5) is 11.5 Å². The van der Waals surface area contributed by atoms with E-state index in [9.17, 15) is 10.1 Å². The SMILES string of the molecule is CCCCN(CCO)c1ncccc1[N+](=O)[O-]. The van der Waals surface area contributed by atoms with Crippen molar-refractivity contribution in [2.45, 2.75) is 19.8 Å². The van der Waals surface area contributed by atoms with E-state index in [1.807, 2.05) is 6.92 Å². The zero-order valence-electron chi connectivity index (χ0n) is 9.87. The number of hydrogen-bond donors (Lipinski definition) is 1. The molecule has 1 aromatic heterocycles. The number of anilines is 1. The fourth-order valence-corrected chi connectivity index (χ4v) is 1.57. The Kier molecular flexibility index (Phi) is 5.35. The summed E-state index contributed by atoms with van der Waals surface area (Å²) in [5.41, 5.74) is -0.0166. The van der Waals surface area contributed by atoms with Crippen molar-refractivity contribution < 1.29 is 10.0 Å². The van der Waals surface area contributed by atoms with Gasteiger partial charge in [0.15, 0.2) is 0 Å². The highest BCUT2D eigenvalue weighted by molar-refractivity contribution is 5.57. The Bertz CT molecular complexity index is 371. The first-order valence-electron chi connectivity index (χ1n) is 5.66. The monoisotopic (exact) mass is 239 g/mol. The molecule has 0 fully saturated rings. The highest BCUT2D eigenvalue weighted by atomic mass is 16.6. The third kappa shape index (κ3) is 3.67. The average molecular weight is 239 g/mol. The van der Waals surface area contributed by atoms with Gasteiger partial charge < -0.3 is 10.0 Å². The van der Waals surface area contributed by atoms with E-state index in [4.69, 9.17) is 5.11 Å². The smallest absolute Gasteiger partial charge is 0.311 e. The largest absolute Gasteiger partial charge is 0.395 e. The molecule has 0 saturated carbocycles. The van der Waals surface area contributed by atoms with Crippen molar-refractivity contribution in [3.05, 3.63) is 28.4 Å². The molecular weight excluding hydrogens is 222 g/mol. The summed E-state index contributed by atoms with van der Waals surface area (Å²) in [5.74, 6) is 0.333. The minimum atomic E-state index is -0.446. The molecule has 0 bridgehead atoms. The minimum absolute atomic E-state index is 0.0166. The molecule has 0 aromatic carbocycles. The van der Waals surface area contributed by atoms with Gasteiger partial charge in [-0.05, 0) is 12.5 Å². The average Bonchev–Trinajstić information content (AvgIpc) is 2.34. The molecule has 6 nitrogen and oxygen atoms in total. The Morgan fingerprint density at radius 2 is 2.29 bits per heavy atom. The van der Waals surface area contributed by atoms with Gasteiger partial charge in [0.2, 0.25) is 5.82 Å². The molecule has 0 aliphatic rings. The lowest BCUT2D eigenvalue weighted by Crippen LogP contribution is -2.29. The highest BCUT2D eigenvalue weighted by Gasteiger charge is 2.19. The third-order valence-electron chi connectivity index (χ3n) is 2.41. The number of pyridine rings is 1. The summed E-state index contributed by atoms with van der Waals surface area (Å²) in [6.07, 6.45) is 3.43. The number of nitro groups is 1. The Morgan fingerprint density at radius 1 is 1.53 bits per heavy atom. The Labute approximate surface area is 100 Å². The number of rotatable bonds is 7. The van der Waals surface area contributed by atoms with Crippen LogP contribution in [0.2, 0.25) is 0 Å². The van der Waals surface area contributed by atoms with Crippen LogP contribution in [0.3, 0.4) is 0 Å². The summed E-state index contributed by atoms with van der Waals surface area (Å²) in [5, 5.41) is 19.9. The molecular formula is C11H17N3O3. The molecule has 1 aromatic rings. The number of nitrogens with zero attached hydrogens (tertiary/aromatic N) is 3. The molecule has 1 N–H and O–H groups in total. The maximum atomic E-state index is 10.9. The second-order valence-electron chi connectivity index (χ2n) is 3.67. The van der Waals surface area contributed by atoms with Crippen LogP contribution in [-0.2, 0) is 0 Å². The summed E-state index contributed by atoms with van der Waals surface area (Å²) < 4.78 is 0. The van der Waals surface area contributed by atoms with Gasteiger partial charge in [-0.1, -0.05) is 13.3 Å². The first-order valence-corrected chi connectivity index (χ1v) is 5.66. The molecule has 1 heterocycles. The Morgan fingerprint density at radius 3 is 2.88 bits per heavy atom. The second-order valence-corrected chi connectivity index (χ2v) is 3.67. The topological polar surface area (TPSA) is 79.5 Å². The fourth-order valence-electron chi connectivity index (χ4n) is 1.57. The normalized spacial score (nSPS) is 10.2. The summed E-state index contributed by atoms with van der Waals surface area (Å²) in [6, 6.07) is 2.97. The van der Waals surface area contributed by atoms with E-state index < -0.39 is 4.92 Å². The lowest BCUT2D eigenvalue weighted by atomic mass is 10.3. The quantitative estimate of drug-likeness (QED) is 0.577. The van der Waals surface area contributed by atoms with Crippen LogP contribution in [0.25, 0.3) is 0 Å². The van der Waals surface area contributed by atoms with Crippen LogP contribution in [0, 0.1) is 10.1 Å². The molecule has 0 radical (unpaired) electrons. The van der Waals surface area contributed by atoms with Crippen molar-refractivity contribution in [2.24, 2.45) is 0 Å². The summed E-state index contributed by atoms with van der Waals surface area (Å²) in [7, 11) is 0. The van der Waals surface area contributed by atoms with E-state index in [1.54, 1.807) is 11.0 Å². The number of hydrogen-bond acceptors (Lipinski definition) is 5. The zero-order valence-corrected chi connectivity index (χ0v) is 9.87. The standard InChI is InChI=1S/C11H17N3O3/c1-2-3-7-13(8-9-15)11-10(14(16)17)5-4-6-12-11/h4-6,15H,2-3,7-9H2,1H3. The Hall–Kier alpha value is -1.69. The van der Waals surface area contributed by atoms with E-state index >= 15 is 0 Å². The van der Waals surface area contributed by atoms with Crippen molar-refractivity contribution in [1.29, 1.82) is 0 Å². The van der Waals surface area contributed by atoms with Crippen molar-refractivity contribution in [3.8, 4) is 0 Å². The molecule has 0 unspecified atom stereocenters. The predicted molar refractivity (Wildman–Crippen MR) is 65.1 cm³/mol. The van der Waals surface area contributed by atoms with Crippen LogP contribution in [-0.4, -0.2) is 34.7 Å². The van der Waals surface area contributed by atoms with Crippen molar-refractivity contribution in [3.63, 3.8) is 0 Å². The van der Waals surface area contributed by atoms with E-state index in [2.05, 4.69) is 4.98 Å². The van der Waals surface area contributed by atoms with Gasteiger partial charge in [-0.15, -0.1) is 0 Å². The molecule has 0 spiro atoms. The molecule has 94 valence electrons. The summed E-state index contributed by atoms with van der Waals surface area (Å²) >= 11 is 0. The molecule has 17 heavy (non-hydrogen) atoms. The van der Waals surface area contributed by atoms with E-state index in [1.165, 1.54) is 12.3 Å². The van der Waals surface area contributed by atoms with Crippen LogP contribution in [0.15, 0.2) is 18.3 Å². The maximum absolute atomic E-state index is 10.9.